The Hall–Kier alpha value is -2.17. The van der Waals surface area contributed by atoms with Crippen molar-refractivity contribution in [3.63, 3.8) is 0 Å². The molecule has 0 fully saturated rings. The van der Waals surface area contributed by atoms with Crippen molar-refractivity contribution in [2.45, 2.75) is 0 Å². The van der Waals surface area contributed by atoms with E-state index in [1.165, 1.54) is 12.1 Å². The molecule has 0 amide bonds. The molecule has 1 rings (SSSR count). The molecular weight excluding hydrogens is 186 g/mol. The molecule has 2 N–H and O–H groups in total. The van der Waals surface area contributed by atoms with Gasteiger partial charge in [-0.15, -0.1) is 4.91 Å². The molecule has 0 radical (unpaired) electrons. The molecule has 0 unspecified atom stereocenters. The van der Waals surface area contributed by atoms with Crippen LogP contribution in [-0.2, 0) is 4.79 Å². The van der Waals surface area contributed by atoms with E-state index in [0.717, 1.165) is 0 Å². The summed E-state index contributed by atoms with van der Waals surface area (Å²) in [6, 6.07) is 7.87. The zero-order valence-corrected chi connectivity index (χ0v) is 7.04. The van der Waals surface area contributed by atoms with E-state index in [1.54, 1.807) is 18.2 Å². The summed E-state index contributed by atoms with van der Waals surface area (Å²) in [6.07, 6.45) is 0. The molecule has 5 heteroatoms. The number of carbonyl (C=O) groups is 1. The highest BCUT2D eigenvalue weighted by molar-refractivity contribution is 5.94. The first-order chi connectivity index (χ1) is 6.66. The van der Waals surface area contributed by atoms with E-state index < -0.39 is 17.4 Å². The second-order valence-corrected chi connectivity index (χ2v) is 2.46. The van der Waals surface area contributed by atoms with Crippen LogP contribution >= 0.6 is 0 Å². The van der Waals surface area contributed by atoms with Gasteiger partial charge >= 0.3 is 5.97 Å². The Morgan fingerprint density at radius 2 is 1.71 bits per heavy atom. The Kier molecular flexibility index (Phi) is 2.96. The van der Waals surface area contributed by atoms with E-state index in [1.807, 2.05) is 0 Å². The number of aliphatic hydroxyl groups is 1. The van der Waals surface area contributed by atoms with Crippen LogP contribution in [0, 0.1) is 4.91 Å². The fourth-order valence-electron chi connectivity index (χ4n) is 0.916. The third kappa shape index (κ3) is 1.95. The van der Waals surface area contributed by atoms with E-state index in [2.05, 4.69) is 5.18 Å². The number of aliphatic hydroxyl groups excluding tert-OH is 1. The summed E-state index contributed by atoms with van der Waals surface area (Å²) >= 11 is 0. The minimum absolute atomic E-state index is 0.240. The molecule has 0 atom stereocenters. The molecule has 0 aliphatic rings. The van der Waals surface area contributed by atoms with Crippen LogP contribution in [-0.4, -0.2) is 16.2 Å². The SMILES string of the molecule is O=N/C(C(=O)O)=C(/O)c1ccccc1. The third-order valence-corrected chi connectivity index (χ3v) is 1.57. The molecular formula is C9H7NO4. The second kappa shape index (κ2) is 4.18. The van der Waals surface area contributed by atoms with Gasteiger partial charge in [0.25, 0.3) is 0 Å². The summed E-state index contributed by atoms with van der Waals surface area (Å²) < 4.78 is 0. The maximum Gasteiger partial charge on any atom is 0.362 e. The van der Waals surface area contributed by atoms with Crippen LogP contribution in [0.1, 0.15) is 5.56 Å². The molecule has 0 saturated carbocycles. The van der Waals surface area contributed by atoms with Crippen molar-refractivity contribution >= 4 is 11.7 Å². The number of nitrogens with zero attached hydrogens (tertiary/aromatic N) is 1. The van der Waals surface area contributed by atoms with Gasteiger partial charge in [-0.05, 0) is 5.18 Å². The zero-order chi connectivity index (χ0) is 10.6. The number of nitroso groups, excluding NO2 is 1. The maximum absolute atomic E-state index is 10.4. The van der Waals surface area contributed by atoms with Gasteiger partial charge in [0.05, 0.1) is 0 Å². The minimum Gasteiger partial charge on any atom is -0.505 e. The Bertz CT molecular complexity index is 383. The molecule has 0 aliphatic carbocycles. The van der Waals surface area contributed by atoms with Gasteiger partial charge in [0, 0.05) is 5.56 Å². The van der Waals surface area contributed by atoms with Crippen LogP contribution in [0.3, 0.4) is 0 Å². The average Bonchev–Trinajstić information content (AvgIpc) is 2.19. The van der Waals surface area contributed by atoms with E-state index in [4.69, 9.17) is 5.11 Å². The van der Waals surface area contributed by atoms with Crippen molar-refractivity contribution in [2.24, 2.45) is 5.18 Å². The molecule has 1 aromatic carbocycles. The molecule has 72 valence electrons. The number of carboxylic acid groups (broad SMARTS) is 1. The van der Waals surface area contributed by atoms with Gasteiger partial charge in [-0.3, -0.25) is 0 Å². The standard InChI is InChI=1S/C9H7NO4/c11-8(7(10-14)9(12)13)6-4-2-1-3-5-6/h1-5,11H,(H,12,13)/b8-7+. The van der Waals surface area contributed by atoms with Crippen LogP contribution in [0.25, 0.3) is 5.76 Å². The second-order valence-electron chi connectivity index (χ2n) is 2.46. The predicted molar refractivity (Wildman–Crippen MR) is 49.4 cm³/mol. The van der Waals surface area contributed by atoms with Crippen molar-refractivity contribution in [3.8, 4) is 0 Å². The molecule has 1 aromatic rings. The van der Waals surface area contributed by atoms with Crippen molar-refractivity contribution in [1.29, 1.82) is 0 Å². The smallest absolute Gasteiger partial charge is 0.362 e. The first-order valence-electron chi connectivity index (χ1n) is 3.72. The molecule has 0 bridgehead atoms. The normalized spacial score (nSPS) is 11.7. The van der Waals surface area contributed by atoms with Gasteiger partial charge < -0.3 is 10.2 Å². The summed E-state index contributed by atoms with van der Waals surface area (Å²) in [5, 5.41) is 20.1. The van der Waals surface area contributed by atoms with E-state index in [9.17, 15) is 14.8 Å². The van der Waals surface area contributed by atoms with Crippen molar-refractivity contribution < 1.29 is 15.0 Å². The van der Waals surface area contributed by atoms with Gasteiger partial charge in [-0.2, -0.15) is 0 Å². The summed E-state index contributed by atoms with van der Waals surface area (Å²) in [7, 11) is 0. The van der Waals surface area contributed by atoms with Crippen LogP contribution in [0.15, 0.2) is 41.2 Å². The topological polar surface area (TPSA) is 87.0 Å². The molecule has 0 spiro atoms. The average molecular weight is 193 g/mol. The third-order valence-electron chi connectivity index (χ3n) is 1.57. The molecule has 0 heterocycles. The molecule has 0 aliphatic heterocycles. The van der Waals surface area contributed by atoms with Gasteiger partial charge in [0.15, 0.2) is 5.76 Å². The van der Waals surface area contributed by atoms with Crippen LogP contribution in [0.2, 0.25) is 0 Å². The lowest BCUT2D eigenvalue weighted by molar-refractivity contribution is -0.132. The van der Waals surface area contributed by atoms with E-state index in [-0.39, 0.29) is 5.56 Å². The first-order valence-corrected chi connectivity index (χ1v) is 3.72. The summed E-state index contributed by atoms with van der Waals surface area (Å²) in [6.45, 7) is 0. The number of aliphatic carboxylic acids is 1. The van der Waals surface area contributed by atoms with Gasteiger partial charge in [0.2, 0.25) is 5.70 Å². The Morgan fingerprint density at radius 3 is 2.14 bits per heavy atom. The van der Waals surface area contributed by atoms with E-state index >= 15 is 0 Å². The summed E-state index contributed by atoms with van der Waals surface area (Å²) in [5.74, 6) is -2.19. The zero-order valence-electron chi connectivity index (χ0n) is 7.04. The fraction of sp³-hybridized carbons (Fsp3) is 0. The summed E-state index contributed by atoms with van der Waals surface area (Å²) in [4.78, 5) is 20.5. The van der Waals surface area contributed by atoms with Crippen molar-refractivity contribution in [1.82, 2.24) is 0 Å². The quantitative estimate of drug-likeness (QED) is 0.435. The number of hydrogen-bond donors (Lipinski definition) is 2. The molecule has 0 aromatic heterocycles. The summed E-state index contributed by atoms with van der Waals surface area (Å²) in [5.41, 5.74) is -0.652. The highest BCUT2D eigenvalue weighted by Gasteiger charge is 2.15. The lowest BCUT2D eigenvalue weighted by atomic mass is 10.1. The number of carboxylic acids is 1. The fourth-order valence-corrected chi connectivity index (χ4v) is 0.916. The molecule has 5 nitrogen and oxygen atoms in total. The monoisotopic (exact) mass is 193 g/mol. The van der Waals surface area contributed by atoms with Gasteiger partial charge in [0.1, 0.15) is 0 Å². The van der Waals surface area contributed by atoms with E-state index in [0.29, 0.717) is 0 Å². The highest BCUT2D eigenvalue weighted by atomic mass is 16.4. The number of hydrogen-bond acceptors (Lipinski definition) is 4. The predicted octanol–water partition coefficient (Wildman–Crippen LogP) is 1.76. The van der Waals surface area contributed by atoms with Crippen LogP contribution in [0.5, 0.6) is 0 Å². The molecule has 0 saturated heterocycles. The number of benzene rings is 1. The lowest BCUT2D eigenvalue weighted by Gasteiger charge is -1.99. The lowest BCUT2D eigenvalue weighted by Crippen LogP contribution is -2.01. The van der Waals surface area contributed by atoms with Gasteiger partial charge in [-0.1, -0.05) is 30.3 Å². The maximum atomic E-state index is 10.4. The number of rotatable bonds is 3. The van der Waals surface area contributed by atoms with Gasteiger partial charge in [-0.25, -0.2) is 4.79 Å². The largest absolute Gasteiger partial charge is 0.505 e. The Labute approximate surface area is 79.3 Å². The van der Waals surface area contributed by atoms with Crippen LogP contribution < -0.4 is 0 Å². The first kappa shape index (κ1) is 9.91. The Morgan fingerprint density at radius 1 is 1.14 bits per heavy atom. The molecule has 14 heavy (non-hydrogen) atoms. The minimum atomic E-state index is -1.55. The van der Waals surface area contributed by atoms with Crippen LogP contribution in [0.4, 0.5) is 0 Å². The highest BCUT2D eigenvalue weighted by Crippen LogP contribution is 2.16. The van der Waals surface area contributed by atoms with Crippen molar-refractivity contribution in [2.75, 3.05) is 0 Å². The Balaban J connectivity index is 3.21. The van der Waals surface area contributed by atoms with Crippen molar-refractivity contribution in [3.05, 3.63) is 46.5 Å².